The van der Waals surface area contributed by atoms with Gasteiger partial charge in [0.2, 0.25) is 0 Å². The molecule has 2 aromatic rings. The van der Waals surface area contributed by atoms with E-state index in [1.54, 1.807) is 46.5 Å². The SMILES string of the molecule is O=C(c1ccccc1)N1C2CCCCC2N1C(=O)c1ccccn1. The molecule has 1 aliphatic carbocycles. The number of fused-ring (bicyclic) bond motifs is 1. The van der Waals surface area contributed by atoms with Gasteiger partial charge >= 0.3 is 0 Å². The third kappa shape index (κ3) is 2.37. The lowest BCUT2D eigenvalue weighted by Gasteiger charge is -2.58. The zero-order valence-corrected chi connectivity index (χ0v) is 13.3. The van der Waals surface area contributed by atoms with Crippen molar-refractivity contribution in [3.8, 4) is 0 Å². The average molecular weight is 321 g/mol. The van der Waals surface area contributed by atoms with Crippen LogP contribution in [0.2, 0.25) is 0 Å². The van der Waals surface area contributed by atoms with Crippen molar-refractivity contribution in [1.82, 2.24) is 15.0 Å². The minimum Gasteiger partial charge on any atom is -0.267 e. The molecule has 1 aromatic heterocycles. The molecule has 5 nitrogen and oxygen atoms in total. The van der Waals surface area contributed by atoms with E-state index in [0.29, 0.717) is 11.3 Å². The van der Waals surface area contributed by atoms with Crippen LogP contribution in [0, 0.1) is 0 Å². The van der Waals surface area contributed by atoms with Crippen molar-refractivity contribution in [2.24, 2.45) is 0 Å². The largest absolute Gasteiger partial charge is 0.291 e. The number of carbonyl (C=O) groups excluding carboxylic acids is 2. The van der Waals surface area contributed by atoms with Crippen LogP contribution in [0.25, 0.3) is 0 Å². The quantitative estimate of drug-likeness (QED) is 0.854. The fraction of sp³-hybridized carbons (Fsp3) is 0.316. The minimum absolute atomic E-state index is 0.108. The fourth-order valence-corrected chi connectivity index (χ4v) is 3.73. The summed E-state index contributed by atoms with van der Waals surface area (Å²) in [6.07, 6.45) is 5.71. The highest BCUT2D eigenvalue weighted by Crippen LogP contribution is 2.39. The van der Waals surface area contributed by atoms with Crippen molar-refractivity contribution in [3.05, 3.63) is 66.0 Å². The molecule has 2 fully saturated rings. The lowest BCUT2D eigenvalue weighted by Crippen LogP contribution is -2.75. The third-order valence-corrected chi connectivity index (χ3v) is 4.88. The summed E-state index contributed by atoms with van der Waals surface area (Å²) >= 11 is 0. The second-order valence-corrected chi connectivity index (χ2v) is 6.30. The number of pyridine rings is 1. The number of hydrazine groups is 1. The number of amides is 2. The van der Waals surface area contributed by atoms with E-state index in [-0.39, 0.29) is 23.9 Å². The number of carbonyl (C=O) groups is 2. The Morgan fingerprint density at radius 2 is 1.46 bits per heavy atom. The molecule has 2 atom stereocenters. The average Bonchev–Trinajstić information content (AvgIpc) is 2.64. The predicted molar refractivity (Wildman–Crippen MR) is 89.1 cm³/mol. The zero-order valence-electron chi connectivity index (χ0n) is 13.3. The topological polar surface area (TPSA) is 53.5 Å². The standard InChI is InChI=1S/C19H19N3O2/c23-18(14-8-2-1-3-9-14)21-16-11-4-5-12-17(16)22(21)19(24)15-10-6-7-13-20-15/h1-3,6-10,13,16-17H,4-5,11-12H2. The van der Waals surface area contributed by atoms with Crippen LogP contribution in [0.15, 0.2) is 54.7 Å². The molecule has 4 rings (SSSR count). The molecule has 0 radical (unpaired) electrons. The number of aromatic nitrogens is 1. The molecular formula is C19H19N3O2. The predicted octanol–water partition coefficient (Wildman–Crippen LogP) is 2.91. The molecular weight excluding hydrogens is 302 g/mol. The number of benzene rings is 1. The van der Waals surface area contributed by atoms with Crippen LogP contribution >= 0.6 is 0 Å². The molecule has 0 spiro atoms. The maximum atomic E-state index is 12.9. The molecule has 2 aliphatic rings. The molecule has 2 amide bonds. The summed E-state index contributed by atoms with van der Waals surface area (Å²) in [5, 5.41) is 3.28. The summed E-state index contributed by atoms with van der Waals surface area (Å²) in [5.41, 5.74) is 0.993. The van der Waals surface area contributed by atoms with Crippen molar-refractivity contribution in [2.45, 2.75) is 37.8 Å². The molecule has 122 valence electrons. The maximum absolute atomic E-state index is 12.9. The molecule has 0 bridgehead atoms. The van der Waals surface area contributed by atoms with E-state index in [9.17, 15) is 9.59 Å². The highest BCUT2D eigenvalue weighted by atomic mass is 16.2. The van der Waals surface area contributed by atoms with Gasteiger partial charge in [-0.15, -0.1) is 0 Å². The summed E-state index contributed by atoms with van der Waals surface area (Å²) in [4.78, 5) is 30.0. The summed E-state index contributed by atoms with van der Waals surface area (Å²) in [6, 6.07) is 14.7. The van der Waals surface area contributed by atoms with E-state index in [0.717, 1.165) is 25.7 Å². The Labute approximate surface area is 140 Å². The van der Waals surface area contributed by atoms with Gasteiger partial charge in [-0.25, -0.2) is 10.0 Å². The van der Waals surface area contributed by atoms with Crippen LogP contribution in [0.4, 0.5) is 0 Å². The van der Waals surface area contributed by atoms with Crippen LogP contribution in [-0.2, 0) is 0 Å². The maximum Gasteiger partial charge on any atom is 0.291 e. The Hall–Kier alpha value is -2.69. The van der Waals surface area contributed by atoms with Gasteiger partial charge in [-0.2, -0.15) is 0 Å². The molecule has 1 aliphatic heterocycles. The Morgan fingerprint density at radius 1 is 0.833 bits per heavy atom. The third-order valence-electron chi connectivity index (χ3n) is 4.88. The number of nitrogens with zero attached hydrogens (tertiary/aromatic N) is 3. The first-order valence-corrected chi connectivity index (χ1v) is 8.40. The van der Waals surface area contributed by atoms with Gasteiger partial charge in [-0.1, -0.05) is 37.1 Å². The second-order valence-electron chi connectivity index (χ2n) is 6.30. The van der Waals surface area contributed by atoms with Gasteiger partial charge < -0.3 is 0 Å². The van der Waals surface area contributed by atoms with Crippen LogP contribution < -0.4 is 0 Å². The van der Waals surface area contributed by atoms with Crippen LogP contribution in [0.3, 0.4) is 0 Å². The Balaban J connectivity index is 1.65. The van der Waals surface area contributed by atoms with Crippen LogP contribution in [0.1, 0.15) is 46.5 Å². The van der Waals surface area contributed by atoms with Crippen LogP contribution in [0.5, 0.6) is 0 Å². The van der Waals surface area contributed by atoms with Crippen molar-refractivity contribution in [3.63, 3.8) is 0 Å². The Kier molecular flexibility index (Phi) is 3.76. The summed E-state index contributed by atoms with van der Waals surface area (Å²) in [5.74, 6) is -0.300. The molecule has 1 aromatic carbocycles. The molecule has 24 heavy (non-hydrogen) atoms. The van der Waals surface area contributed by atoms with Gasteiger partial charge in [0.25, 0.3) is 11.8 Å². The minimum atomic E-state index is -0.192. The van der Waals surface area contributed by atoms with E-state index in [1.807, 2.05) is 18.2 Å². The van der Waals surface area contributed by atoms with Crippen molar-refractivity contribution >= 4 is 11.8 Å². The van der Waals surface area contributed by atoms with Crippen LogP contribution in [-0.4, -0.2) is 38.9 Å². The summed E-state index contributed by atoms with van der Waals surface area (Å²) in [7, 11) is 0. The smallest absolute Gasteiger partial charge is 0.267 e. The normalized spacial score (nSPS) is 22.5. The van der Waals surface area contributed by atoms with Gasteiger partial charge in [0.15, 0.2) is 0 Å². The number of hydrogen-bond acceptors (Lipinski definition) is 3. The summed E-state index contributed by atoms with van der Waals surface area (Å²) in [6.45, 7) is 0. The van der Waals surface area contributed by atoms with Gasteiger partial charge in [0.05, 0.1) is 12.1 Å². The molecule has 1 saturated carbocycles. The van der Waals surface area contributed by atoms with Gasteiger partial charge in [-0.3, -0.25) is 14.6 Å². The van der Waals surface area contributed by atoms with Gasteiger partial charge in [-0.05, 0) is 37.1 Å². The van der Waals surface area contributed by atoms with Gasteiger partial charge in [0, 0.05) is 11.8 Å². The molecule has 5 heteroatoms. The molecule has 2 unspecified atom stereocenters. The van der Waals surface area contributed by atoms with Crippen molar-refractivity contribution in [2.75, 3.05) is 0 Å². The lowest BCUT2D eigenvalue weighted by atomic mass is 9.84. The number of rotatable bonds is 2. The first kappa shape index (κ1) is 14.9. The van der Waals surface area contributed by atoms with E-state index < -0.39 is 0 Å². The van der Waals surface area contributed by atoms with Crippen molar-refractivity contribution < 1.29 is 9.59 Å². The number of hydrogen-bond donors (Lipinski definition) is 0. The summed E-state index contributed by atoms with van der Waals surface area (Å²) < 4.78 is 0. The fourth-order valence-electron chi connectivity index (χ4n) is 3.73. The molecule has 2 heterocycles. The van der Waals surface area contributed by atoms with Crippen molar-refractivity contribution in [1.29, 1.82) is 0 Å². The molecule has 1 saturated heterocycles. The molecule has 0 N–H and O–H groups in total. The highest BCUT2D eigenvalue weighted by molar-refractivity contribution is 5.99. The van der Waals surface area contributed by atoms with E-state index in [4.69, 9.17) is 0 Å². The van der Waals surface area contributed by atoms with E-state index in [1.165, 1.54) is 0 Å². The first-order valence-electron chi connectivity index (χ1n) is 8.40. The zero-order chi connectivity index (χ0) is 16.5. The van der Waals surface area contributed by atoms with Gasteiger partial charge in [0.1, 0.15) is 5.69 Å². The van der Waals surface area contributed by atoms with E-state index in [2.05, 4.69) is 4.98 Å². The van der Waals surface area contributed by atoms with E-state index >= 15 is 0 Å². The second kappa shape index (κ2) is 6.07. The Morgan fingerprint density at radius 3 is 2.08 bits per heavy atom. The first-order chi connectivity index (χ1) is 11.8. The lowest BCUT2D eigenvalue weighted by molar-refractivity contribution is -0.156. The highest BCUT2D eigenvalue weighted by Gasteiger charge is 2.52. The monoisotopic (exact) mass is 321 g/mol. The Bertz CT molecular complexity index is 682.